The van der Waals surface area contributed by atoms with Gasteiger partial charge in [-0.1, -0.05) is 6.07 Å². The van der Waals surface area contributed by atoms with Crippen LogP contribution in [0.15, 0.2) is 18.2 Å². The van der Waals surface area contributed by atoms with Crippen LogP contribution in [0.1, 0.15) is 40.9 Å². The third kappa shape index (κ3) is 2.22. The zero-order chi connectivity index (χ0) is 12.5. The molecule has 2 aromatic heterocycles. The molecular formula is C12H13N5O. The Morgan fingerprint density at radius 1 is 1.39 bits per heavy atom. The van der Waals surface area contributed by atoms with Crippen molar-refractivity contribution >= 4 is 11.7 Å². The van der Waals surface area contributed by atoms with E-state index in [1.807, 2.05) is 19.1 Å². The van der Waals surface area contributed by atoms with Crippen LogP contribution in [0.4, 0.5) is 5.82 Å². The van der Waals surface area contributed by atoms with E-state index in [2.05, 4.69) is 25.5 Å². The number of nitrogens with one attached hydrogen (secondary N) is 2. The summed E-state index contributed by atoms with van der Waals surface area (Å²) in [5, 5.41) is 9.40. The number of anilines is 1. The lowest BCUT2D eigenvalue weighted by Gasteiger charge is -2.01. The predicted octanol–water partition coefficient (Wildman–Crippen LogP) is 1.64. The number of hydrogen-bond acceptors (Lipinski definition) is 4. The van der Waals surface area contributed by atoms with Crippen LogP contribution in [-0.2, 0) is 0 Å². The van der Waals surface area contributed by atoms with E-state index in [9.17, 15) is 4.79 Å². The normalized spacial score (nSPS) is 14.5. The maximum absolute atomic E-state index is 11.9. The zero-order valence-corrected chi connectivity index (χ0v) is 9.97. The summed E-state index contributed by atoms with van der Waals surface area (Å²) >= 11 is 0. The molecule has 0 bridgehead atoms. The summed E-state index contributed by atoms with van der Waals surface area (Å²) in [4.78, 5) is 20.3. The fraction of sp³-hybridized carbons (Fsp3) is 0.333. The van der Waals surface area contributed by atoms with E-state index in [0.29, 0.717) is 11.7 Å². The second kappa shape index (κ2) is 4.21. The molecule has 1 amide bonds. The van der Waals surface area contributed by atoms with Gasteiger partial charge in [-0.05, 0) is 31.9 Å². The molecule has 1 aliphatic rings. The highest BCUT2D eigenvalue weighted by Crippen LogP contribution is 2.37. The maximum Gasteiger partial charge on any atom is 0.296 e. The second-order valence-electron chi connectivity index (χ2n) is 4.44. The van der Waals surface area contributed by atoms with Gasteiger partial charge in [0.1, 0.15) is 11.6 Å². The van der Waals surface area contributed by atoms with Crippen molar-refractivity contribution in [3.63, 3.8) is 0 Å². The van der Waals surface area contributed by atoms with Crippen LogP contribution >= 0.6 is 0 Å². The molecule has 0 aliphatic heterocycles. The summed E-state index contributed by atoms with van der Waals surface area (Å²) < 4.78 is 0. The Balaban J connectivity index is 1.73. The van der Waals surface area contributed by atoms with Gasteiger partial charge in [-0.15, -0.1) is 5.10 Å². The minimum atomic E-state index is -0.337. The largest absolute Gasteiger partial charge is 0.304 e. The van der Waals surface area contributed by atoms with Gasteiger partial charge in [0.2, 0.25) is 5.82 Å². The Kier molecular flexibility index (Phi) is 2.55. The molecule has 1 aliphatic carbocycles. The van der Waals surface area contributed by atoms with Gasteiger partial charge < -0.3 is 5.32 Å². The van der Waals surface area contributed by atoms with Crippen LogP contribution in [0, 0.1) is 6.92 Å². The van der Waals surface area contributed by atoms with Crippen molar-refractivity contribution in [2.24, 2.45) is 0 Å². The first-order valence-corrected chi connectivity index (χ1v) is 5.89. The summed E-state index contributed by atoms with van der Waals surface area (Å²) in [6.45, 7) is 1.87. The van der Waals surface area contributed by atoms with Gasteiger partial charge in [-0.25, -0.2) is 9.97 Å². The molecule has 2 heterocycles. The Bertz CT molecular complexity index is 588. The Morgan fingerprint density at radius 2 is 2.22 bits per heavy atom. The van der Waals surface area contributed by atoms with Gasteiger partial charge in [-0.3, -0.25) is 9.89 Å². The maximum atomic E-state index is 11.9. The van der Waals surface area contributed by atoms with Gasteiger partial charge >= 0.3 is 0 Å². The van der Waals surface area contributed by atoms with Crippen molar-refractivity contribution < 1.29 is 4.79 Å². The second-order valence-corrected chi connectivity index (χ2v) is 4.44. The standard InChI is InChI=1S/C12H13N5O/c1-7-3-2-4-9(13-7)14-12(18)11-15-10(16-17-11)8-5-6-8/h2-4,8H,5-6H2,1H3,(H,13,14,18)(H,15,16,17). The number of hydrogen-bond donors (Lipinski definition) is 2. The fourth-order valence-corrected chi connectivity index (χ4v) is 1.70. The van der Waals surface area contributed by atoms with E-state index in [1.54, 1.807) is 6.07 Å². The van der Waals surface area contributed by atoms with Crippen LogP contribution in [0.3, 0.4) is 0 Å². The van der Waals surface area contributed by atoms with Gasteiger partial charge in [0.15, 0.2) is 0 Å². The zero-order valence-electron chi connectivity index (χ0n) is 9.97. The summed E-state index contributed by atoms with van der Waals surface area (Å²) in [6, 6.07) is 5.44. The van der Waals surface area contributed by atoms with Crippen molar-refractivity contribution in [3.05, 3.63) is 35.5 Å². The molecule has 92 valence electrons. The Morgan fingerprint density at radius 3 is 2.94 bits per heavy atom. The summed E-state index contributed by atoms with van der Waals surface area (Å²) in [5.41, 5.74) is 0.849. The van der Waals surface area contributed by atoms with E-state index in [1.165, 1.54) is 0 Å². The van der Waals surface area contributed by atoms with E-state index < -0.39 is 0 Å². The molecular weight excluding hydrogens is 230 g/mol. The molecule has 1 saturated carbocycles. The molecule has 0 saturated heterocycles. The molecule has 0 atom stereocenters. The van der Waals surface area contributed by atoms with Gasteiger partial charge in [0.25, 0.3) is 5.91 Å². The number of aryl methyl sites for hydroxylation is 1. The van der Waals surface area contributed by atoms with E-state index >= 15 is 0 Å². The molecule has 6 heteroatoms. The van der Waals surface area contributed by atoms with Gasteiger partial charge in [-0.2, -0.15) is 0 Å². The SMILES string of the molecule is Cc1cccc(NC(=O)c2n[nH]c(C3CC3)n2)n1. The average molecular weight is 243 g/mol. The molecule has 1 fully saturated rings. The van der Waals surface area contributed by atoms with Crippen molar-refractivity contribution in [2.45, 2.75) is 25.7 Å². The molecule has 0 spiro atoms. The van der Waals surface area contributed by atoms with Crippen LogP contribution in [-0.4, -0.2) is 26.1 Å². The lowest BCUT2D eigenvalue weighted by Crippen LogP contribution is -2.14. The number of pyridine rings is 1. The smallest absolute Gasteiger partial charge is 0.296 e. The molecule has 18 heavy (non-hydrogen) atoms. The third-order valence-electron chi connectivity index (χ3n) is 2.80. The lowest BCUT2D eigenvalue weighted by molar-refractivity contribution is 0.101. The first-order valence-electron chi connectivity index (χ1n) is 5.89. The monoisotopic (exact) mass is 243 g/mol. The topological polar surface area (TPSA) is 83.6 Å². The number of aromatic nitrogens is 4. The molecule has 0 unspecified atom stereocenters. The lowest BCUT2D eigenvalue weighted by atomic mass is 10.3. The average Bonchev–Trinajstić information content (AvgIpc) is 3.07. The molecule has 0 aromatic carbocycles. The number of carbonyl (C=O) groups excluding carboxylic acids is 1. The Labute approximate surface area is 104 Å². The van der Waals surface area contributed by atoms with E-state index in [4.69, 9.17) is 0 Å². The number of aromatic amines is 1. The number of carbonyl (C=O) groups is 1. The van der Waals surface area contributed by atoms with Crippen molar-refractivity contribution in [1.29, 1.82) is 0 Å². The predicted molar refractivity (Wildman–Crippen MR) is 65.3 cm³/mol. The quantitative estimate of drug-likeness (QED) is 0.858. The summed E-state index contributed by atoms with van der Waals surface area (Å²) in [7, 11) is 0. The van der Waals surface area contributed by atoms with Crippen molar-refractivity contribution in [3.8, 4) is 0 Å². The highest BCUT2D eigenvalue weighted by molar-refractivity contribution is 6.00. The summed E-state index contributed by atoms with van der Waals surface area (Å²) in [5.74, 6) is 1.60. The minimum absolute atomic E-state index is 0.167. The number of amides is 1. The number of nitrogens with zero attached hydrogens (tertiary/aromatic N) is 3. The van der Waals surface area contributed by atoms with Crippen LogP contribution in [0.25, 0.3) is 0 Å². The first-order chi connectivity index (χ1) is 8.72. The third-order valence-corrected chi connectivity index (χ3v) is 2.80. The fourth-order valence-electron chi connectivity index (χ4n) is 1.70. The van der Waals surface area contributed by atoms with Crippen LogP contribution in [0.5, 0.6) is 0 Å². The van der Waals surface area contributed by atoms with Crippen molar-refractivity contribution in [1.82, 2.24) is 20.2 Å². The van der Waals surface area contributed by atoms with Gasteiger partial charge in [0, 0.05) is 11.6 Å². The number of rotatable bonds is 3. The molecule has 2 N–H and O–H groups in total. The number of H-pyrrole nitrogens is 1. The van der Waals surface area contributed by atoms with E-state index in [-0.39, 0.29) is 11.7 Å². The molecule has 6 nitrogen and oxygen atoms in total. The van der Waals surface area contributed by atoms with Crippen molar-refractivity contribution in [2.75, 3.05) is 5.32 Å². The molecule has 0 radical (unpaired) electrons. The van der Waals surface area contributed by atoms with Crippen LogP contribution < -0.4 is 5.32 Å². The highest BCUT2D eigenvalue weighted by atomic mass is 16.2. The van der Waals surface area contributed by atoms with E-state index in [0.717, 1.165) is 24.4 Å². The van der Waals surface area contributed by atoms with Crippen LogP contribution in [0.2, 0.25) is 0 Å². The highest BCUT2D eigenvalue weighted by Gasteiger charge is 2.28. The first kappa shape index (κ1) is 10.9. The molecule has 2 aromatic rings. The summed E-state index contributed by atoms with van der Waals surface area (Å²) in [6.07, 6.45) is 2.24. The molecule has 3 rings (SSSR count). The Hall–Kier alpha value is -2.24. The minimum Gasteiger partial charge on any atom is -0.304 e. The van der Waals surface area contributed by atoms with Gasteiger partial charge in [0.05, 0.1) is 0 Å².